The zero-order valence-corrected chi connectivity index (χ0v) is 12.3. The summed E-state index contributed by atoms with van der Waals surface area (Å²) < 4.78 is 10.9. The summed E-state index contributed by atoms with van der Waals surface area (Å²) in [7, 11) is 0. The maximum absolute atomic E-state index is 12.9. The second-order valence-corrected chi connectivity index (χ2v) is 6.14. The molecule has 1 aromatic carbocycles. The number of anilines is 1. The van der Waals surface area contributed by atoms with Gasteiger partial charge in [0.1, 0.15) is 12.0 Å². The number of benzene rings is 1. The largest absolute Gasteiger partial charge is 0.344 e. The minimum atomic E-state index is -1.96. The third-order valence-corrected chi connectivity index (χ3v) is 3.19. The van der Waals surface area contributed by atoms with Crippen molar-refractivity contribution in [1.82, 2.24) is 10.4 Å². The quantitative estimate of drug-likeness (QED) is 0.509. The predicted molar refractivity (Wildman–Crippen MR) is 77.0 cm³/mol. The number of carbonyl (C=O) groups excluding carboxylic acids is 1. The van der Waals surface area contributed by atoms with Crippen LogP contribution in [0.15, 0.2) is 24.3 Å². The maximum atomic E-state index is 12.9. The van der Waals surface area contributed by atoms with Gasteiger partial charge in [0.2, 0.25) is 0 Å². The van der Waals surface area contributed by atoms with Crippen LogP contribution in [0.5, 0.6) is 0 Å². The molecule has 2 amide bonds. The number of thiocarbonyl (C=S) groups is 1. The van der Waals surface area contributed by atoms with E-state index in [1.807, 2.05) is 0 Å². The van der Waals surface area contributed by atoms with Crippen LogP contribution >= 0.6 is 47.0 Å². The Morgan fingerprint density at radius 3 is 2.37 bits per heavy atom. The normalized spacial score (nSPS) is 20.0. The topological polar surface area (TPSA) is 35.6 Å². The molecule has 1 atom stereocenters. The van der Waals surface area contributed by atoms with Crippen molar-refractivity contribution >= 4 is 64.1 Å². The van der Waals surface area contributed by atoms with Crippen LogP contribution < -0.4 is 10.3 Å². The Bertz CT molecular complexity index is 508. The van der Waals surface area contributed by atoms with Gasteiger partial charge in [0, 0.05) is 11.1 Å². The van der Waals surface area contributed by atoms with E-state index in [1.54, 1.807) is 0 Å². The van der Waals surface area contributed by atoms with Crippen LogP contribution in [0.3, 0.4) is 0 Å². The lowest BCUT2D eigenvalue weighted by Gasteiger charge is -2.23. The van der Waals surface area contributed by atoms with Crippen LogP contribution in [0.1, 0.15) is 0 Å². The average Bonchev–Trinajstić information content (AvgIpc) is 2.67. The SMILES string of the molecule is O=C1N(c2ccc(F)cc2)C(C=S)NN1C(Cl)(Cl)Cl. The third kappa shape index (κ3) is 2.93. The van der Waals surface area contributed by atoms with Crippen LogP contribution in [0, 0.1) is 5.82 Å². The van der Waals surface area contributed by atoms with E-state index in [-0.39, 0.29) is 0 Å². The lowest BCUT2D eigenvalue weighted by atomic mass is 10.3. The van der Waals surface area contributed by atoms with Gasteiger partial charge in [-0.25, -0.2) is 14.2 Å². The fourth-order valence-corrected chi connectivity index (χ4v) is 2.16. The van der Waals surface area contributed by atoms with Crippen molar-refractivity contribution in [2.24, 2.45) is 0 Å². The van der Waals surface area contributed by atoms with Crippen molar-refractivity contribution in [2.75, 3.05) is 4.90 Å². The Kier molecular flexibility index (Phi) is 4.17. The second kappa shape index (κ2) is 5.38. The minimum absolute atomic E-state index is 0.416. The molecule has 1 heterocycles. The Labute approximate surface area is 129 Å². The molecule has 0 aromatic heterocycles. The lowest BCUT2D eigenvalue weighted by Crippen LogP contribution is -2.45. The smallest absolute Gasteiger partial charge is 0.271 e. The first-order chi connectivity index (χ1) is 8.84. The first-order valence-electron chi connectivity index (χ1n) is 5.02. The second-order valence-electron chi connectivity index (χ2n) is 3.64. The molecule has 0 bridgehead atoms. The van der Waals surface area contributed by atoms with Gasteiger partial charge < -0.3 is 0 Å². The Morgan fingerprint density at radius 2 is 1.89 bits per heavy atom. The summed E-state index contributed by atoms with van der Waals surface area (Å²) in [5, 5.41) is 2.13. The summed E-state index contributed by atoms with van der Waals surface area (Å²) in [5.41, 5.74) is 3.09. The number of hydrogen-bond donors (Lipinski definition) is 1. The number of amides is 2. The summed E-state index contributed by atoms with van der Waals surface area (Å²) in [6.07, 6.45) is -0.663. The molecule has 1 unspecified atom stereocenters. The molecule has 0 spiro atoms. The highest BCUT2D eigenvalue weighted by atomic mass is 35.6. The number of rotatable bonds is 2. The number of nitrogens with one attached hydrogen (secondary N) is 1. The molecule has 1 N–H and O–H groups in total. The van der Waals surface area contributed by atoms with Crippen LogP contribution in [0.4, 0.5) is 14.9 Å². The average molecular weight is 343 g/mol. The molecule has 1 fully saturated rings. The van der Waals surface area contributed by atoms with Crippen molar-refractivity contribution in [3.05, 3.63) is 30.1 Å². The van der Waals surface area contributed by atoms with E-state index in [4.69, 9.17) is 47.0 Å². The summed E-state index contributed by atoms with van der Waals surface area (Å²) in [6, 6.07) is 4.71. The number of hydrogen-bond acceptors (Lipinski definition) is 3. The summed E-state index contributed by atoms with van der Waals surface area (Å²) in [5.74, 6) is -0.416. The molecule has 9 heteroatoms. The molecule has 19 heavy (non-hydrogen) atoms. The molecular weight excluding hydrogens is 336 g/mol. The highest BCUT2D eigenvalue weighted by Gasteiger charge is 2.46. The third-order valence-electron chi connectivity index (χ3n) is 2.42. The van der Waals surface area contributed by atoms with Crippen molar-refractivity contribution in [3.8, 4) is 0 Å². The van der Waals surface area contributed by atoms with E-state index in [0.717, 1.165) is 5.01 Å². The Morgan fingerprint density at radius 1 is 1.32 bits per heavy atom. The number of nitrogens with zero attached hydrogens (tertiary/aromatic N) is 2. The minimum Gasteiger partial charge on any atom is -0.271 e. The van der Waals surface area contributed by atoms with Gasteiger partial charge in [0.05, 0.1) is 0 Å². The molecule has 102 valence electrons. The van der Waals surface area contributed by atoms with Gasteiger partial charge >= 0.3 is 6.03 Å². The zero-order chi connectivity index (χ0) is 14.2. The molecule has 0 saturated carbocycles. The van der Waals surface area contributed by atoms with E-state index >= 15 is 0 Å². The first-order valence-corrected chi connectivity index (χ1v) is 6.62. The summed E-state index contributed by atoms with van der Waals surface area (Å²) in [4.78, 5) is 13.4. The Balaban J connectivity index is 2.36. The standard InChI is InChI=1S/C10H7Cl3FN3OS/c11-10(12,13)17-9(18)16(8(5-19)15-17)7-3-1-6(14)2-4-7/h1-5,8,15H. The van der Waals surface area contributed by atoms with Crippen molar-refractivity contribution in [1.29, 1.82) is 0 Å². The van der Waals surface area contributed by atoms with E-state index in [1.165, 1.54) is 34.5 Å². The fraction of sp³-hybridized carbons (Fsp3) is 0.200. The first kappa shape index (κ1) is 14.7. The van der Waals surface area contributed by atoms with Crippen molar-refractivity contribution in [2.45, 2.75) is 10.1 Å². The van der Waals surface area contributed by atoms with Crippen molar-refractivity contribution in [3.63, 3.8) is 0 Å². The lowest BCUT2D eigenvalue weighted by molar-refractivity contribution is 0.201. The Hall–Kier alpha value is -0.660. The molecule has 1 aliphatic heterocycles. The summed E-state index contributed by atoms with van der Waals surface area (Å²) >= 11 is 21.9. The van der Waals surface area contributed by atoms with E-state index in [2.05, 4.69) is 5.43 Å². The molecule has 4 nitrogen and oxygen atoms in total. The highest BCUT2D eigenvalue weighted by molar-refractivity contribution is 7.79. The maximum Gasteiger partial charge on any atom is 0.344 e. The van der Waals surface area contributed by atoms with Crippen LogP contribution in [-0.2, 0) is 0 Å². The monoisotopic (exact) mass is 341 g/mol. The van der Waals surface area contributed by atoms with Gasteiger partial charge in [-0.2, -0.15) is 5.43 Å². The molecule has 1 aromatic rings. The van der Waals surface area contributed by atoms with Gasteiger partial charge in [0.25, 0.3) is 3.92 Å². The van der Waals surface area contributed by atoms with Gasteiger partial charge in [0.15, 0.2) is 0 Å². The van der Waals surface area contributed by atoms with Gasteiger partial charge in [-0.3, -0.25) is 4.90 Å². The molecular formula is C10H7Cl3FN3OS. The number of alkyl halides is 3. The molecule has 2 rings (SSSR count). The molecule has 0 aliphatic carbocycles. The predicted octanol–water partition coefficient (Wildman–Crippen LogP) is 3.23. The zero-order valence-electron chi connectivity index (χ0n) is 9.19. The molecule has 0 radical (unpaired) electrons. The van der Waals surface area contributed by atoms with Crippen LogP contribution in [0.2, 0.25) is 0 Å². The number of hydrazine groups is 1. The van der Waals surface area contributed by atoms with E-state index in [9.17, 15) is 9.18 Å². The van der Waals surface area contributed by atoms with Gasteiger partial charge in [-0.15, -0.1) is 0 Å². The van der Waals surface area contributed by atoms with E-state index in [0.29, 0.717) is 5.69 Å². The highest BCUT2D eigenvalue weighted by Crippen LogP contribution is 2.34. The molecule has 1 saturated heterocycles. The van der Waals surface area contributed by atoms with Gasteiger partial charge in [-0.1, -0.05) is 47.0 Å². The van der Waals surface area contributed by atoms with Gasteiger partial charge in [-0.05, 0) is 24.3 Å². The van der Waals surface area contributed by atoms with E-state index < -0.39 is 21.9 Å². The van der Waals surface area contributed by atoms with Crippen molar-refractivity contribution < 1.29 is 9.18 Å². The number of urea groups is 1. The number of halogens is 4. The fourth-order valence-electron chi connectivity index (χ4n) is 1.62. The number of carbonyl (C=O) groups is 1. The molecule has 1 aliphatic rings. The van der Waals surface area contributed by atoms with Crippen LogP contribution in [-0.4, -0.2) is 26.5 Å². The van der Waals surface area contributed by atoms with Crippen LogP contribution in [0.25, 0.3) is 0 Å². The summed E-state index contributed by atoms with van der Waals surface area (Å²) in [6.45, 7) is 0.